The Labute approximate surface area is 79.4 Å². The lowest BCUT2D eigenvalue weighted by Crippen LogP contribution is -2.28. The van der Waals surface area contributed by atoms with E-state index in [4.69, 9.17) is 0 Å². The van der Waals surface area contributed by atoms with Crippen molar-refractivity contribution >= 4 is 5.69 Å². The summed E-state index contributed by atoms with van der Waals surface area (Å²) < 4.78 is 0. The zero-order chi connectivity index (χ0) is 8.84. The Morgan fingerprint density at radius 1 is 1.31 bits per heavy atom. The molecule has 13 heavy (non-hydrogen) atoms. The van der Waals surface area contributed by atoms with Crippen LogP contribution in [0, 0.1) is 12.8 Å². The highest BCUT2D eigenvalue weighted by molar-refractivity contribution is 5.52. The van der Waals surface area contributed by atoms with Crippen LogP contribution < -0.4 is 4.90 Å². The van der Waals surface area contributed by atoms with Crippen molar-refractivity contribution in [2.75, 3.05) is 11.4 Å². The summed E-state index contributed by atoms with van der Waals surface area (Å²) in [6.45, 7) is 3.47. The van der Waals surface area contributed by atoms with Gasteiger partial charge in [-0.2, -0.15) is 0 Å². The minimum atomic E-state index is 0.867. The Hall–Kier alpha value is -0.980. The van der Waals surface area contributed by atoms with Gasteiger partial charge >= 0.3 is 0 Å². The quantitative estimate of drug-likeness (QED) is 0.631. The van der Waals surface area contributed by atoms with Crippen molar-refractivity contribution in [3.63, 3.8) is 0 Å². The Balaban J connectivity index is 1.92. The molecule has 1 nitrogen and oxygen atoms in total. The molecule has 1 aromatic carbocycles. The third-order valence-electron chi connectivity index (χ3n) is 3.44. The van der Waals surface area contributed by atoms with Gasteiger partial charge in [0.25, 0.3) is 0 Å². The van der Waals surface area contributed by atoms with E-state index in [0.29, 0.717) is 0 Å². The second-order valence-corrected chi connectivity index (χ2v) is 4.48. The Kier molecular flexibility index (Phi) is 1.43. The van der Waals surface area contributed by atoms with Crippen molar-refractivity contribution in [2.45, 2.75) is 25.8 Å². The first-order valence-corrected chi connectivity index (χ1v) is 5.16. The molecule has 0 atom stereocenters. The van der Waals surface area contributed by atoms with Gasteiger partial charge < -0.3 is 4.90 Å². The molecule has 0 unspecified atom stereocenters. The topological polar surface area (TPSA) is 3.24 Å². The zero-order valence-electron chi connectivity index (χ0n) is 8.03. The van der Waals surface area contributed by atoms with Crippen LogP contribution in [0.25, 0.3) is 0 Å². The van der Waals surface area contributed by atoms with Crippen molar-refractivity contribution < 1.29 is 0 Å². The van der Waals surface area contributed by atoms with Crippen LogP contribution in [-0.2, 0) is 0 Å². The molecule has 2 aliphatic heterocycles. The van der Waals surface area contributed by atoms with Gasteiger partial charge in [0.2, 0.25) is 0 Å². The second kappa shape index (κ2) is 2.50. The molecule has 68 valence electrons. The number of hydrogen-bond donors (Lipinski definition) is 0. The first-order chi connectivity index (χ1) is 6.33. The van der Waals surface area contributed by atoms with E-state index in [9.17, 15) is 0 Å². The van der Waals surface area contributed by atoms with Crippen LogP contribution in [-0.4, -0.2) is 12.6 Å². The number of rotatable bonds is 1. The Morgan fingerprint density at radius 2 is 2.15 bits per heavy atom. The molecule has 0 spiro atoms. The smallest absolute Gasteiger partial charge is 0.0371 e. The largest absolute Gasteiger partial charge is 0.368 e. The predicted molar refractivity (Wildman–Crippen MR) is 55.0 cm³/mol. The van der Waals surface area contributed by atoms with E-state index in [1.807, 2.05) is 0 Å². The fourth-order valence-corrected chi connectivity index (χ4v) is 2.65. The maximum atomic E-state index is 2.58. The fourth-order valence-electron chi connectivity index (χ4n) is 2.65. The maximum absolute atomic E-state index is 2.58. The van der Waals surface area contributed by atoms with Gasteiger partial charge in [0, 0.05) is 18.3 Å². The van der Waals surface area contributed by atoms with Crippen molar-refractivity contribution in [3.05, 3.63) is 29.8 Å². The van der Waals surface area contributed by atoms with Crippen molar-refractivity contribution in [1.82, 2.24) is 0 Å². The average Bonchev–Trinajstić information content (AvgIpc) is 2.59. The van der Waals surface area contributed by atoms with E-state index in [0.717, 1.165) is 12.0 Å². The normalized spacial score (nSPS) is 30.4. The molecular weight excluding hydrogens is 158 g/mol. The summed E-state index contributed by atoms with van der Waals surface area (Å²) in [7, 11) is 0. The third kappa shape index (κ3) is 1.06. The molecule has 1 heteroatoms. The van der Waals surface area contributed by atoms with Crippen LogP contribution >= 0.6 is 0 Å². The van der Waals surface area contributed by atoms with E-state index < -0.39 is 0 Å². The monoisotopic (exact) mass is 173 g/mol. The number of anilines is 1. The molecule has 4 rings (SSSR count). The summed E-state index contributed by atoms with van der Waals surface area (Å²) in [5, 5.41) is 0. The van der Waals surface area contributed by atoms with Gasteiger partial charge in [-0.15, -0.1) is 0 Å². The van der Waals surface area contributed by atoms with Crippen molar-refractivity contribution in [2.24, 2.45) is 5.92 Å². The molecule has 1 aliphatic carbocycles. The summed E-state index contributed by atoms with van der Waals surface area (Å²) in [6, 6.07) is 9.76. The van der Waals surface area contributed by atoms with E-state index in [1.165, 1.54) is 30.6 Å². The summed E-state index contributed by atoms with van der Waals surface area (Å²) in [5.41, 5.74) is 2.81. The summed E-state index contributed by atoms with van der Waals surface area (Å²) in [6.07, 6.45) is 2.88. The van der Waals surface area contributed by atoms with Crippen LogP contribution in [0.5, 0.6) is 0 Å². The Morgan fingerprint density at radius 3 is 2.77 bits per heavy atom. The van der Waals surface area contributed by atoms with Crippen LogP contribution in [0.1, 0.15) is 18.4 Å². The van der Waals surface area contributed by atoms with E-state index in [2.05, 4.69) is 36.1 Å². The highest BCUT2D eigenvalue weighted by Crippen LogP contribution is 2.43. The summed E-state index contributed by atoms with van der Waals surface area (Å²) in [5.74, 6) is 1.01. The van der Waals surface area contributed by atoms with Crippen molar-refractivity contribution in [1.29, 1.82) is 0 Å². The average molecular weight is 173 g/mol. The lowest BCUT2D eigenvalue weighted by Gasteiger charge is -2.27. The standard InChI is InChI=1S/C12H15N/c1-9-3-2-4-11(5-9)13-8-10-6-12(13)7-10/h2-5,10,12H,6-8H2,1H3. The van der Waals surface area contributed by atoms with Gasteiger partial charge in [-0.3, -0.25) is 0 Å². The van der Waals surface area contributed by atoms with Gasteiger partial charge in [-0.1, -0.05) is 12.1 Å². The number of nitrogens with zero attached hydrogens (tertiary/aromatic N) is 1. The lowest BCUT2D eigenvalue weighted by atomic mass is 9.86. The molecule has 0 aromatic heterocycles. The van der Waals surface area contributed by atoms with Gasteiger partial charge in [0.15, 0.2) is 0 Å². The molecule has 0 radical (unpaired) electrons. The molecule has 0 N–H and O–H groups in total. The number of fused-ring (bicyclic) bond motifs is 1. The van der Waals surface area contributed by atoms with E-state index in [-0.39, 0.29) is 0 Å². The SMILES string of the molecule is Cc1cccc(N2CC3CC2C3)c1. The number of aryl methyl sites for hydroxylation is 1. The second-order valence-electron chi connectivity index (χ2n) is 4.48. The molecule has 1 aromatic rings. The van der Waals surface area contributed by atoms with Crippen LogP contribution in [0.15, 0.2) is 24.3 Å². The van der Waals surface area contributed by atoms with E-state index >= 15 is 0 Å². The third-order valence-corrected chi connectivity index (χ3v) is 3.44. The first-order valence-electron chi connectivity index (χ1n) is 5.16. The van der Waals surface area contributed by atoms with Crippen LogP contribution in [0.4, 0.5) is 5.69 Å². The minimum Gasteiger partial charge on any atom is -0.368 e. The highest BCUT2D eigenvalue weighted by Gasteiger charge is 2.42. The molecule has 3 fully saturated rings. The molecule has 1 saturated carbocycles. The number of benzene rings is 1. The fraction of sp³-hybridized carbons (Fsp3) is 0.500. The summed E-state index contributed by atoms with van der Waals surface area (Å²) in [4.78, 5) is 2.58. The highest BCUT2D eigenvalue weighted by atomic mass is 15.2. The molecular formula is C12H15N. The minimum absolute atomic E-state index is 0.867. The van der Waals surface area contributed by atoms with Gasteiger partial charge in [0.05, 0.1) is 0 Å². The molecule has 2 bridgehead atoms. The maximum Gasteiger partial charge on any atom is 0.0371 e. The Bertz CT molecular complexity index is 326. The van der Waals surface area contributed by atoms with E-state index in [1.54, 1.807) is 0 Å². The molecule has 2 saturated heterocycles. The number of hydrogen-bond acceptors (Lipinski definition) is 1. The lowest BCUT2D eigenvalue weighted by molar-refractivity contribution is 0.381. The first kappa shape index (κ1) is 7.43. The van der Waals surface area contributed by atoms with Crippen LogP contribution in [0.2, 0.25) is 0 Å². The predicted octanol–water partition coefficient (Wildman–Crippen LogP) is 2.59. The molecule has 2 heterocycles. The van der Waals surface area contributed by atoms with Gasteiger partial charge in [0.1, 0.15) is 0 Å². The van der Waals surface area contributed by atoms with Gasteiger partial charge in [-0.25, -0.2) is 0 Å². The van der Waals surface area contributed by atoms with Gasteiger partial charge in [-0.05, 0) is 43.4 Å². The van der Waals surface area contributed by atoms with Crippen molar-refractivity contribution in [3.8, 4) is 0 Å². The van der Waals surface area contributed by atoms with Crippen LogP contribution in [0.3, 0.4) is 0 Å². The molecule has 0 amide bonds. The molecule has 3 aliphatic rings. The zero-order valence-corrected chi connectivity index (χ0v) is 8.03. The summed E-state index contributed by atoms with van der Waals surface area (Å²) >= 11 is 0.